The zero-order chi connectivity index (χ0) is 11.4. The summed E-state index contributed by atoms with van der Waals surface area (Å²) in [6.07, 6.45) is 11.8. The summed E-state index contributed by atoms with van der Waals surface area (Å²) < 4.78 is 0. The van der Waals surface area contributed by atoms with Crippen molar-refractivity contribution >= 4 is 11.6 Å². The molecule has 1 unspecified atom stereocenters. The summed E-state index contributed by atoms with van der Waals surface area (Å²) in [7, 11) is 0. The molecule has 1 heterocycles. The number of aromatic nitrogens is 1. The van der Waals surface area contributed by atoms with Crippen molar-refractivity contribution in [2.45, 2.75) is 38.1 Å². The van der Waals surface area contributed by atoms with Gasteiger partial charge in [-0.05, 0) is 37.3 Å². The van der Waals surface area contributed by atoms with E-state index in [0.717, 1.165) is 18.4 Å². The van der Waals surface area contributed by atoms with Gasteiger partial charge in [0.1, 0.15) is 0 Å². The van der Waals surface area contributed by atoms with E-state index < -0.39 is 0 Å². The summed E-state index contributed by atoms with van der Waals surface area (Å²) in [5.41, 5.74) is 8.57. The van der Waals surface area contributed by atoms with Crippen LogP contribution in [0.15, 0.2) is 30.1 Å². The molecule has 86 valence electrons. The normalized spacial score (nSPS) is 18.8. The fourth-order valence-corrected chi connectivity index (χ4v) is 2.40. The molecular weight excluding hydrogens is 220 g/mol. The number of rotatable bonds is 2. The fraction of sp³-hybridized carbons (Fsp3) is 0.462. The Hall–Kier alpha value is -0.860. The van der Waals surface area contributed by atoms with Crippen molar-refractivity contribution < 1.29 is 0 Å². The van der Waals surface area contributed by atoms with Crippen LogP contribution in [0.5, 0.6) is 0 Å². The van der Waals surface area contributed by atoms with E-state index in [1.807, 2.05) is 6.07 Å². The quantitative estimate of drug-likeness (QED) is 0.797. The molecule has 1 aliphatic carbocycles. The van der Waals surface area contributed by atoms with Crippen molar-refractivity contribution in [2.75, 3.05) is 0 Å². The van der Waals surface area contributed by atoms with Gasteiger partial charge in [0.05, 0.1) is 11.1 Å². The Kier molecular flexibility index (Phi) is 3.97. The molecule has 0 saturated heterocycles. The maximum Gasteiger partial charge on any atom is 0.0640 e. The Labute approximate surface area is 102 Å². The maximum absolute atomic E-state index is 6.26. The van der Waals surface area contributed by atoms with Crippen molar-refractivity contribution in [1.82, 2.24) is 4.98 Å². The minimum Gasteiger partial charge on any atom is -0.320 e. The van der Waals surface area contributed by atoms with Crippen LogP contribution >= 0.6 is 11.6 Å². The Balaban J connectivity index is 2.21. The van der Waals surface area contributed by atoms with Gasteiger partial charge in [-0.3, -0.25) is 4.98 Å². The Morgan fingerprint density at radius 2 is 2.19 bits per heavy atom. The van der Waals surface area contributed by atoms with Gasteiger partial charge in [-0.25, -0.2) is 0 Å². The molecule has 0 fully saturated rings. The molecule has 1 aromatic heterocycles. The van der Waals surface area contributed by atoms with Gasteiger partial charge >= 0.3 is 0 Å². The van der Waals surface area contributed by atoms with Crippen molar-refractivity contribution in [3.63, 3.8) is 0 Å². The number of hydrogen-bond donors (Lipinski definition) is 1. The van der Waals surface area contributed by atoms with Crippen LogP contribution < -0.4 is 5.73 Å². The van der Waals surface area contributed by atoms with Crippen molar-refractivity contribution in [3.05, 3.63) is 40.7 Å². The first kappa shape index (κ1) is 11.6. The van der Waals surface area contributed by atoms with Gasteiger partial charge in [0.2, 0.25) is 0 Å². The summed E-state index contributed by atoms with van der Waals surface area (Å²) in [6, 6.07) is 1.85. The lowest BCUT2D eigenvalue weighted by Gasteiger charge is -2.16. The molecule has 0 spiro atoms. The van der Waals surface area contributed by atoms with Crippen molar-refractivity contribution in [1.29, 1.82) is 0 Å². The van der Waals surface area contributed by atoms with Crippen LogP contribution in [0, 0.1) is 0 Å². The fourth-order valence-electron chi connectivity index (χ4n) is 2.16. The van der Waals surface area contributed by atoms with Gasteiger partial charge in [-0.15, -0.1) is 0 Å². The molecule has 16 heavy (non-hydrogen) atoms. The van der Waals surface area contributed by atoms with Gasteiger partial charge in [0.15, 0.2) is 0 Å². The van der Waals surface area contributed by atoms with Crippen LogP contribution in [0.4, 0.5) is 0 Å². The molecule has 2 N–H and O–H groups in total. The zero-order valence-electron chi connectivity index (χ0n) is 9.32. The number of allylic oxidation sites excluding steroid dienone is 1. The number of pyridine rings is 1. The van der Waals surface area contributed by atoms with Crippen molar-refractivity contribution in [3.8, 4) is 0 Å². The first-order valence-electron chi connectivity index (χ1n) is 5.83. The van der Waals surface area contributed by atoms with Gasteiger partial charge in [-0.2, -0.15) is 0 Å². The minimum absolute atomic E-state index is 0.0615. The number of nitrogens with zero attached hydrogens (tertiary/aromatic N) is 1. The van der Waals surface area contributed by atoms with Crippen LogP contribution in [-0.2, 0) is 0 Å². The smallest absolute Gasteiger partial charge is 0.0640 e. The molecule has 0 bridgehead atoms. The van der Waals surface area contributed by atoms with Gasteiger partial charge < -0.3 is 5.73 Å². The number of hydrogen-bond acceptors (Lipinski definition) is 2. The number of halogens is 1. The monoisotopic (exact) mass is 236 g/mol. The highest BCUT2D eigenvalue weighted by Crippen LogP contribution is 2.30. The highest BCUT2D eigenvalue weighted by atomic mass is 35.5. The van der Waals surface area contributed by atoms with Crippen LogP contribution in [0.3, 0.4) is 0 Å². The zero-order valence-corrected chi connectivity index (χ0v) is 10.1. The van der Waals surface area contributed by atoms with Gasteiger partial charge in [0, 0.05) is 12.4 Å². The molecule has 2 nitrogen and oxygen atoms in total. The molecule has 0 radical (unpaired) electrons. The molecule has 1 aliphatic rings. The molecule has 1 aromatic rings. The van der Waals surface area contributed by atoms with Crippen LogP contribution in [-0.4, -0.2) is 4.98 Å². The molecule has 3 heteroatoms. The number of nitrogens with two attached hydrogens (primary N) is 1. The first-order chi connectivity index (χ1) is 7.79. The second-order valence-electron chi connectivity index (χ2n) is 4.25. The lowest BCUT2D eigenvalue weighted by molar-refractivity contribution is 0.688. The van der Waals surface area contributed by atoms with Gasteiger partial charge in [-0.1, -0.05) is 29.7 Å². The topological polar surface area (TPSA) is 38.9 Å². The Morgan fingerprint density at radius 1 is 1.31 bits per heavy atom. The van der Waals surface area contributed by atoms with E-state index in [0.29, 0.717) is 5.02 Å². The Bertz CT molecular complexity index is 387. The van der Waals surface area contributed by atoms with Crippen LogP contribution in [0.2, 0.25) is 5.02 Å². The van der Waals surface area contributed by atoms with Crippen LogP contribution in [0.1, 0.15) is 43.7 Å². The second kappa shape index (κ2) is 5.46. The van der Waals surface area contributed by atoms with E-state index in [2.05, 4.69) is 11.1 Å². The molecule has 0 aliphatic heterocycles. The summed E-state index contributed by atoms with van der Waals surface area (Å²) in [5.74, 6) is 0. The first-order valence-corrected chi connectivity index (χ1v) is 6.21. The standard InChI is InChI=1S/C13H17ClN2/c14-12-9-16-8-7-11(12)13(15)10-5-3-1-2-4-6-10/h5,7-9,13H,1-4,6,15H2. The van der Waals surface area contributed by atoms with E-state index in [4.69, 9.17) is 17.3 Å². The summed E-state index contributed by atoms with van der Waals surface area (Å²) >= 11 is 6.11. The van der Waals surface area contributed by atoms with Crippen LogP contribution in [0.25, 0.3) is 0 Å². The lowest BCUT2D eigenvalue weighted by Crippen LogP contribution is -2.13. The maximum atomic E-state index is 6.26. The Morgan fingerprint density at radius 3 is 3.00 bits per heavy atom. The highest BCUT2D eigenvalue weighted by molar-refractivity contribution is 6.31. The lowest BCUT2D eigenvalue weighted by atomic mass is 9.97. The largest absolute Gasteiger partial charge is 0.320 e. The van der Waals surface area contributed by atoms with Crippen molar-refractivity contribution in [2.24, 2.45) is 5.73 Å². The molecule has 0 saturated carbocycles. The highest BCUT2D eigenvalue weighted by Gasteiger charge is 2.15. The SMILES string of the molecule is NC(C1=CCCCCC1)c1ccncc1Cl. The predicted molar refractivity (Wildman–Crippen MR) is 67.3 cm³/mol. The van der Waals surface area contributed by atoms with Gasteiger partial charge in [0.25, 0.3) is 0 Å². The average Bonchev–Trinajstić information content (AvgIpc) is 2.57. The summed E-state index contributed by atoms with van der Waals surface area (Å²) in [6.45, 7) is 0. The minimum atomic E-state index is -0.0615. The van der Waals surface area contributed by atoms with E-state index in [1.165, 1.54) is 24.8 Å². The molecular formula is C13H17ClN2. The molecule has 0 amide bonds. The molecule has 2 rings (SSSR count). The van der Waals surface area contributed by atoms with E-state index in [9.17, 15) is 0 Å². The third kappa shape index (κ3) is 2.63. The second-order valence-corrected chi connectivity index (χ2v) is 4.66. The third-order valence-corrected chi connectivity index (χ3v) is 3.43. The summed E-state index contributed by atoms with van der Waals surface area (Å²) in [4.78, 5) is 3.98. The van der Waals surface area contributed by atoms with E-state index in [1.54, 1.807) is 12.4 Å². The predicted octanol–water partition coefficient (Wildman–Crippen LogP) is 3.63. The van der Waals surface area contributed by atoms with E-state index >= 15 is 0 Å². The average molecular weight is 237 g/mol. The molecule has 1 atom stereocenters. The summed E-state index contributed by atoms with van der Waals surface area (Å²) in [5, 5.41) is 0.667. The molecule has 0 aromatic carbocycles. The van der Waals surface area contributed by atoms with E-state index in [-0.39, 0.29) is 6.04 Å². The third-order valence-electron chi connectivity index (χ3n) is 3.11.